The van der Waals surface area contributed by atoms with Crippen LogP contribution in [-0.2, 0) is 4.79 Å². The molecule has 26 heavy (non-hydrogen) atoms. The molecule has 0 spiro atoms. The minimum atomic E-state index is 0. The van der Waals surface area contributed by atoms with E-state index in [0.29, 0.717) is 5.91 Å². The number of rotatable bonds is 4. The number of nitrogens with zero attached hydrogens (tertiary/aromatic N) is 2. The lowest BCUT2D eigenvalue weighted by molar-refractivity contribution is -0.159. The first-order chi connectivity index (χ1) is 12.2. The highest BCUT2D eigenvalue weighted by molar-refractivity contribution is 7.99. The van der Waals surface area contributed by atoms with E-state index >= 15 is 0 Å². The summed E-state index contributed by atoms with van der Waals surface area (Å²) >= 11 is 1.82. The zero-order valence-electron chi connectivity index (χ0n) is 15.0. The van der Waals surface area contributed by atoms with E-state index in [1.807, 2.05) is 24.2 Å². The summed E-state index contributed by atoms with van der Waals surface area (Å²) in [5.74, 6) is 4.94. The Bertz CT molecular complexity index is 586. The molecule has 2 heterocycles. The summed E-state index contributed by atoms with van der Waals surface area (Å²) in [6.45, 7) is 1.95. The van der Waals surface area contributed by atoms with Crippen LogP contribution in [0, 0.1) is 29.1 Å². The third-order valence-corrected chi connectivity index (χ3v) is 8.46. The minimum absolute atomic E-state index is 0. The quantitative estimate of drug-likeness (QED) is 0.783. The monoisotopic (exact) mass is 375 g/mol. The lowest BCUT2D eigenvalue weighted by Gasteiger charge is -2.57. The molecule has 5 fully saturated rings. The van der Waals surface area contributed by atoms with Gasteiger partial charge in [-0.25, -0.2) is 4.98 Å². The topological polar surface area (TPSA) is 49.0 Å². The van der Waals surface area contributed by atoms with Gasteiger partial charge in [-0.05, 0) is 75.0 Å². The second kappa shape index (κ2) is 7.21. The minimum Gasteiger partial charge on any atom is -0.342 e. The first-order valence-electron chi connectivity index (χ1n) is 10.1. The van der Waals surface area contributed by atoms with E-state index in [2.05, 4.69) is 14.9 Å². The summed E-state index contributed by atoms with van der Waals surface area (Å²) in [5, 5.41) is 1.02. The van der Waals surface area contributed by atoms with Crippen molar-refractivity contribution in [3.8, 4) is 0 Å². The normalized spacial score (nSPS) is 36.2. The largest absolute Gasteiger partial charge is 0.342 e. The maximum Gasteiger partial charge on any atom is 0.228 e. The Labute approximate surface area is 161 Å². The van der Waals surface area contributed by atoms with Crippen molar-refractivity contribution < 1.29 is 4.79 Å². The summed E-state index contributed by atoms with van der Waals surface area (Å²) in [6.07, 6.45) is 13.9. The summed E-state index contributed by atoms with van der Waals surface area (Å²) in [6, 6.07) is 0. The van der Waals surface area contributed by atoms with Crippen molar-refractivity contribution in [3.63, 3.8) is 0 Å². The van der Waals surface area contributed by atoms with Gasteiger partial charge in [0.15, 0.2) is 5.16 Å². The van der Waals surface area contributed by atoms with Crippen LogP contribution in [0.25, 0.3) is 0 Å². The number of hydrogen-bond donors (Lipinski definition) is 1. The van der Waals surface area contributed by atoms with Gasteiger partial charge in [0.05, 0.1) is 5.41 Å². The third-order valence-electron chi connectivity index (χ3n) is 7.32. The van der Waals surface area contributed by atoms with Crippen LogP contribution >= 0.6 is 11.8 Å². The van der Waals surface area contributed by atoms with Crippen molar-refractivity contribution in [1.82, 2.24) is 14.9 Å². The molecule has 0 radical (unpaired) electrons. The van der Waals surface area contributed by atoms with E-state index in [-0.39, 0.29) is 12.8 Å². The number of nitrogens with one attached hydrogen (secondary N) is 1. The second-order valence-electron chi connectivity index (χ2n) is 9.14. The molecule has 1 aromatic rings. The van der Waals surface area contributed by atoms with Gasteiger partial charge in [-0.1, -0.05) is 19.2 Å². The Balaban J connectivity index is 0.00000168. The molecule has 4 saturated carbocycles. The fourth-order valence-corrected chi connectivity index (χ4v) is 7.55. The second-order valence-corrected chi connectivity index (χ2v) is 10.1. The van der Waals surface area contributed by atoms with E-state index in [9.17, 15) is 4.79 Å². The summed E-state index contributed by atoms with van der Waals surface area (Å²) in [7, 11) is 0. The van der Waals surface area contributed by atoms with Crippen LogP contribution in [0.15, 0.2) is 17.6 Å². The summed E-state index contributed by atoms with van der Waals surface area (Å²) < 4.78 is 0. The molecule has 4 nitrogen and oxygen atoms in total. The number of aromatic nitrogens is 2. The van der Waals surface area contributed by atoms with E-state index in [1.54, 1.807) is 0 Å². The average molecular weight is 376 g/mol. The van der Waals surface area contributed by atoms with Gasteiger partial charge in [0.1, 0.15) is 0 Å². The molecule has 0 aromatic carbocycles. The molecule has 1 N–H and O–H groups in total. The molecule has 0 atom stereocenters. The molecule has 1 amide bonds. The number of piperidine rings is 1. The lowest BCUT2D eigenvalue weighted by Crippen LogP contribution is -2.55. The van der Waals surface area contributed by atoms with Crippen LogP contribution in [0.5, 0.6) is 0 Å². The Morgan fingerprint density at radius 3 is 2.31 bits per heavy atom. The number of thioether (sulfide) groups is 1. The van der Waals surface area contributed by atoms with Gasteiger partial charge in [-0.3, -0.25) is 4.79 Å². The third kappa shape index (κ3) is 3.32. The summed E-state index contributed by atoms with van der Waals surface area (Å²) in [4.78, 5) is 23.1. The number of H-pyrrole nitrogens is 1. The Morgan fingerprint density at radius 1 is 1.15 bits per heavy atom. The van der Waals surface area contributed by atoms with Crippen molar-refractivity contribution in [3.05, 3.63) is 12.4 Å². The Morgan fingerprint density at radius 2 is 1.77 bits per heavy atom. The molecule has 0 unspecified atom stereocenters. The van der Waals surface area contributed by atoms with E-state index < -0.39 is 0 Å². The number of imidazole rings is 1. The van der Waals surface area contributed by atoms with Gasteiger partial charge >= 0.3 is 0 Å². The highest BCUT2D eigenvalue weighted by Gasteiger charge is 2.55. The van der Waals surface area contributed by atoms with E-state index in [1.165, 1.54) is 38.5 Å². The van der Waals surface area contributed by atoms with Crippen LogP contribution in [0.4, 0.5) is 0 Å². The molecular formula is C21H33N3OS. The van der Waals surface area contributed by atoms with Gasteiger partial charge in [-0.15, -0.1) is 0 Å². The average Bonchev–Trinajstić information content (AvgIpc) is 3.12. The standard InChI is InChI=1S/C20H29N3OS.CH4/c24-18(20-10-15-7-16(11-20)9-17(8-15)12-20)23-5-1-14(2-6-23)13-25-19-21-3-4-22-19;/h3-4,14-17H,1-2,5-13H2,(H,21,22);1H4. The number of carbonyl (C=O) groups is 1. The number of aromatic amines is 1. The smallest absolute Gasteiger partial charge is 0.228 e. The summed E-state index contributed by atoms with van der Waals surface area (Å²) in [5.41, 5.74) is 0.0461. The molecule has 1 aromatic heterocycles. The SMILES string of the molecule is C.O=C(N1CCC(CSc2ncc[nH]2)CC1)C12CC3CC(CC(C3)C1)C2. The van der Waals surface area contributed by atoms with Crippen LogP contribution in [-0.4, -0.2) is 39.6 Å². The zero-order chi connectivity index (χ0) is 16.9. The van der Waals surface area contributed by atoms with E-state index in [0.717, 1.165) is 60.5 Å². The van der Waals surface area contributed by atoms with Crippen molar-refractivity contribution in [2.75, 3.05) is 18.8 Å². The van der Waals surface area contributed by atoms with Crippen molar-refractivity contribution >= 4 is 17.7 Å². The first-order valence-corrected chi connectivity index (χ1v) is 11.1. The van der Waals surface area contributed by atoms with Crippen LogP contribution in [0.2, 0.25) is 0 Å². The molecule has 4 bridgehead atoms. The van der Waals surface area contributed by atoms with Crippen molar-refractivity contribution in [2.45, 2.75) is 63.9 Å². The molecule has 5 heteroatoms. The van der Waals surface area contributed by atoms with Gasteiger partial charge in [0, 0.05) is 31.2 Å². The molecule has 144 valence electrons. The number of carbonyl (C=O) groups excluding carboxylic acids is 1. The maximum absolute atomic E-state index is 13.4. The Kier molecular flexibility index (Phi) is 5.10. The number of amides is 1. The fourth-order valence-electron chi connectivity index (χ4n) is 6.54. The van der Waals surface area contributed by atoms with E-state index in [4.69, 9.17) is 0 Å². The van der Waals surface area contributed by atoms with Gasteiger partial charge < -0.3 is 9.88 Å². The molecule has 5 aliphatic rings. The highest BCUT2D eigenvalue weighted by Crippen LogP contribution is 2.60. The lowest BCUT2D eigenvalue weighted by atomic mass is 9.49. The van der Waals surface area contributed by atoms with Gasteiger partial charge in [0.2, 0.25) is 5.91 Å². The van der Waals surface area contributed by atoms with Crippen LogP contribution in [0.1, 0.15) is 58.8 Å². The molecule has 1 aliphatic heterocycles. The predicted molar refractivity (Wildman–Crippen MR) is 106 cm³/mol. The molecule has 4 aliphatic carbocycles. The molecule has 1 saturated heterocycles. The predicted octanol–water partition coefficient (Wildman–Crippen LogP) is 4.59. The number of likely N-dealkylation sites (tertiary alicyclic amines) is 1. The number of hydrogen-bond acceptors (Lipinski definition) is 3. The molecular weight excluding hydrogens is 342 g/mol. The fraction of sp³-hybridized carbons (Fsp3) is 0.810. The van der Waals surface area contributed by atoms with Gasteiger partial charge in [0.25, 0.3) is 0 Å². The first kappa shape index (κ1) is 18.4. The molecule has 6 rings (SSSR count). The van der Waals surface area contributed by atoms with Crippen LogP contribution < -0.4 is 0 Å². The maximum atomic E-state index is 13.4. The van der Waals surface area contributed by atoms with Crippen molar-refractivity contribution in [1.29, 1.82) is 0 Å². The highest BCUT2D eigenvalue weighted by atomic mass is 32.2. The Hall–Kier alpha value is -0.970. The van der Waals surface area contributed by atoms with Crippen LogP contribution in [0.3, 0.4) is 0 Å². The van der Waals surface area contributed by atoms with Gasteiger partial charge in [-0.2, -0.15) is 0 Å². The van der Waals surface area contributed by atoms with Crippen molar-refractivity contribution in [2.24, 2.45) is 29.1 Å². The zero-order valence-corrected chi connectivity index (χ0v) is 15.8.